The maximum Gasteiger partial charge on any atom is 0.293 e. The number of sulfonamides is 1. The normalized spacial score (nSPS) is 29.3. The van der Waals surface area contributed by atoms with E-state index >= 15 is 0 Å². The Morgan fingerprint density at radius 1 is 0.946 bits per heavy atom. The van der Waals surface area contributed by atoms with Gasteiger partial charge in [-0.05, 0) is 142 Å². The smallest absolute Gasteiger partial charge is 0.293 e. The molecule has 394 valence electrons. The number of amides is 1. The quantitative estimate of drug-likeness (QED) is 0.0680. The van der Waals surface area contributed by atoms with Gasteiger partial charge in [0.25, 0.3) is 21.6 Å². The second-order valence-corrected chi connectivity index (χ2v) is 24.3. The molecule has 11 rings (SSSR count). The molecule has 2 saturated carbocycles. The molecule has 0 unspecified atom stereocenters. The van der Waals surface area contributed by atoms with Crippen molar-refractivity contribution in [3.8, 4) is 5.88 Å². The van der Waals surface area contributed by atoms with Crippen LogP contribution in [-0.4, -0.2) is 115 Å². The standard InChI is InChI=1S/C56H70N8O9S/c1-34(2)41-8-6-7-9-42(41)50-32-72-25-23-62(50)49-30-56(36(49)4)20-22-61(35(3)29-56)39-10-12-43(46(27-39)63-45-17-24-71-33-51(45)73-54-48(63)26-38-16-21-57-52(38)59-54)53(65)60-74(69,70)40-11-13-44(47(28-40)64(67)68)58-31-37-14-18-55(5,66)19-15-37/h6-13,16,21,26-28,34-37,45,49-51,58,66H,14-15,17-20,22-25,29-33H2,1-5H3,(H,57,59)(H,60,65)/t35-,36-,37?,45+,49-,50+,51+,55?,56+/m1/s1. The van der Waals surface area contributed by atoms with Crippen LogP contribution in [-0.2, 0) is 19.5 Å². The summed E-state index contributed by atoms with van der Waals surface area (Å²) in [5.74, 6) is 0.574. The molecule has 7 atom stereocenters. The first kappa shape index (κ1) is 50.4. The average molecular weight is 1030 g/mol. The van der Waals surface area contributed by atoms with Crippen LogP contribution in [0.4, 0.5) is 28.4 Å². The fourth-order valence-corrected chi connectivity index (χ4v) is 14.4. The fourth-order valence-electron chi connectivity index (χ4n) is 13.4. The van der Waals surface area contributed by atoms with Gasteiger partial charge in [-0.2, -0.15) is 4.98 Å². The summed E-state index contributed by atoms with van der Waals surface area (Å²) in [6, 6.07) is 22.6. The maximum atomic E-state index is 14.8. The van der Waals surface area contributed by atoms with E-state index in [1.54, 1.807) is 6.07 Å². The number of aromatic nitrogens is 2. The number of aromatic amines is 1. The lowest BCUT2D eigenvalue weighted by Crippen LogP contribution is -2.64. The van der Waals surface area contributed by atoms with Crippen LogP contribution in [0.25, 0.3) is 11.0 Å². The Labute approximate surface area is 433 Å². The minimum atomic E-state index is -4.63. The van der Waals surface area contributed by atoms with Crippen LogP contribution in [0.15, 0.2) is 83.9 Å². The molecule has 18 heteroatoms. The second kappa shape index (κ2) is 19.7. The summed E-state index contributed by atoms with van der Waals surface area (Å²) in [5.41, 5.74) is 4.77. The number of anilines is 4. The van der Waals surface area contributed by atoms with Crippen molar-refractivity contribution in [2.24, 2.45) is 17.3 Å². The van der Waals surface area contributed by atoms with Gasteiger partial charge in [0.05, 0.1) is 58.6 Å². The molecular formula is C56H70N8O9S. The number of nitrogens with one attached hydrogen (secondary N) is 3. The van der Waals surface area contributed by atoms with Gasteiger partial charge in [-0.25, -0.2) is 13.1 Å². The Bertz CT molecular complexity index is 3050. The lowest BCUT2D eigenvalue weighted by atomic mass is 9.52. The van der Waals surface area contributed by atoms with Crippen molar-refractivity contribution in [1.29, 1.82) is 0 Å². The van der Waals surface area contributed by atoms with Gasteiger partial charge in [0.2, 0.25) is 5.88 Å². The summed E-state index contributed by atoms with van der Waals surface area (Å²) in [6.45, 7) is 15.4. The number of aliphatic hydroxyl groups is 1. The molecule has 6 heterocycles. The lowest BCUT2D eigenvalue weighted by Gasteiger charge is -2.63. The van der Waals surface area contributed by atoms with Gasteiger partial charge in [-0.3, -0.25) is 19.8 Å². The molecule has 17 nitrogen and oxygen atoms in total. The monoisotopic (exact) mass is 1030 g/mol. The van der Waals surface area contributed by atoms with Gasteiger partial charge >= 0.3 is 0 Å². The highest BCUT2D eigenvalue weighted by atomic mass is 32.2. The summed E-state index contributed by atoms with van der Waals surface area (Å²) in [5, 5.41) is 26.8. The van der Waals surface area contributed by atoms with E-state index in [9.17, 15) is 28.4 Å². The first-order valence-electron chi connectivity index (χ1n) is 26.7. The number of nitrogens with zero attached hydrogens (tertiary/aromatic N) is 5. The van der Waals surface area contributed by atoms with Gasteiger partial charge < -0.3 is 39.4 Å². The number of morpholine rings is 1. The molecule has 5 fully saturated rings. The van der Waals surface area contributed by atoms with Crippen LogP contribution in [0.2, 0.25) is 0 Å². The average Bonchev–Trinajstić information content (AvgIpc) is 3.86. The van der Waals surface area contributed by atoms with E-state index in [1.807, 2.05) is 37.4 Å². The molecule has 2 aromatic heterocycles. The van der Waals surface area contributed by atoms with Crippen LogP contribution >= 0.6 is 0 Å². The summed E-state index contributed by atoms with van der Waals surface area (Å²) in [6.07, 6.45) is 7.85. The number of rotatable bonds is 12. The predicted octanol–water partition coefficient (Wildman–Crippen LogP) is 9.21. The number of fused-ring (bicyclic) bond motifs is 3. The number of benzene rings is 3. The fraction of sp³-hybridized carbons (Fsp3) is 0.536. The Hall–Kier alpha value is -5.79. The van der Waals surface area contributed by atoms with Crippen LogP contribution in [0.3, 0.4) is 0 Å². The van der Waals surface area contributed by atoms with Crippen LogP contribution in [0.1, 0.15) is 119 Å². The highest BCUT2D eigenvalue weighted by Crippen LogP contribution is 2.58. The van der Waals surface area contributed by atoms with Crippen molar-refractivity contribution < 1.29 is 37.5 Å². The molecule has 3 aromatic carbocycles. The van der Waals surface area contributed by atoms with Crippen LogP contribution in [0.5, 0.6) is 5.88 Å². The molecular weight excluding hydrogens is 961 g/mol. The van der Waals surface area contributed by atoms with E-state index in [4.69, 9.17) is 19.2 Å². The second-order valence-electron chi connectivity index (χ2n) is 22.6. The Morgan fingerprint density at radius 3 is 2.51 bits per heavy atom. The Balaban J connectivity index is 0.886. The third-order valence-electron chi connectivity index (χ3n) is 17.7. The number of carbonyl (C=O) groups is 1. The van der Waals surface area contributed by atoms with E-state index in [0.29, 0.717) is 86.4 Å². The third-order valence-corrected chi connectivity index (χ3v) is 19.0. The summed E-state index contributed by atoms with van der Waals surface area (Å²) >= 11 is 0. The van der Waals surface area contributed by atoms with Crippen LogP contribution < -0.4 is 24.6 Å². The molecule has 4 aliphatic heterocycles. The van der Waals surface area contributed by atoms with Gasteiger partial charge in [0, 0.05) is 61.7 Å². The van der Waals surface area contributed by atoms with E-state index < -0.39 is 43.1 Å². The van der Waals surface area contributed by atoms with Gasteiger partial charge in [-0.15, -0.1) is 0 Å². The Morgan fingerprint density at radius 2 is 1.74 bits per heavy atom. The first-order chi connectivity index (χ1) is 35.5. The van der Waals surface area contributed by atoms with Gasteiger partial charge in [0.1, 0.15) is 23.1 Å². The maximum absolute atomic E-state index is 14.8. The number of pyridine rings is 1. The summed E-state index contributed by atoms with van der Waals surface area (Å²) < 4.78 is 49.4. The number of carbonyl (C=O) groups excluding carboxylic acids is 1. The zero-order valence-corrected chi connectivity index (χ0v) is 43.9. The number of ether oxygens (including phenoxy) is 3. The van der Waals surface area contributed by atoms with Crippen molar-refractivity contribution in [3.63, 3.8) is 0 Å². The summed E-state index contributed by atoms with van der Waals surface area (Å²) in [4.78, 5) is 41.5. The van der Waals surface area contributed by atoms with E-state index in [-0.39, 0.29) is 40.7 Å². The van der Waals surface area contributed by atoms with Crippen molar-refractivity contribution in [2.45, 2.75) is 133 Å². The van der Waals surface area contributed by atoms with Gasteiger partial charge in [0.15, 0.2) is 0 Å². The van der Waals surface area contributed by atoms with Crippen molar-refractivity contribution in [1.82, 2.24) is 19.6 Å². The molecule has 1 amide bonds. The predicted molar refractivity (Wildman–Crippen MR) is 284 cm³/mol. The zero-order chi connectivity index (χ0) is 51.7. The van der Waals surface area contributed by atoms with E-state index in [0.717, 1.165) is 68.9 Å². The molecule has 0 radical (unpaired) electrons. The number of piperidine rings is 1. The number of hydrogen-bond donors (Lipinski definition) is 4. The Kier molecular flexibility index (Phi) is 13.4. The van der Waals surface area contributed by atoms with Crippen molar-refractivity contribution in [2.75, 3.05) is 61.2 Å². The largest absolute Gasteiger partial charge is 0.468 e. The molecule has 2 aliphatic carbocycles. The molecule has 3 saturated heterocycles. The minimum absolute atomic E-state index is 0.111. The summed E-state index contributed by atoms with van der Waals surface area (Å²) in [7, 11) is -4.63. The van der Waals surface area contributed by atoms with Crippen molar-refractivity contribution in [3.05, 3.63) is 106 Å². The number of nitro groups is 1. The molecule has 74 heavy (non-hydrogen) atoms. The molecule has 1 spiro atoms. The number of nitro benzene ring substituents is 1. The van der Waals surface area contributed by atoms with E-state index in [1.165, 1.54) is 23.3 Å². The van der Waals surface area contributed by atoms with E-state index in [2.05, 4.69) is 81.7 Å². The molecule has 0 bridgehead atoms. The number of H-pyrrole nitrogens is 1. The highest BCUT2D eigenvalue weighted by molar-refractivity contribution is 7.90. The highest BCUT2D eigenvalue weighted by Gasteiger charge is 2.56. The molecule has 6 aliphatic rings. The topological polar surface area (TPSA) is 205 Å². The van der Waals surface area contributed by atoms with Crippen molar-refractivity contribution >= 4 is 55.4 Å². The minimum Gasteiger partial charge on any atom is -0.468 e. The number of hydrogen-bond acceptors (Lipinski definition) is 14. The zero-order valence-electron chi connectivity index (χ0n) is 43.1. The third kappa shape index (κ3) is 9.38. The molecule has 5 aromatic rings. The van der Waals surface area contributed by atoms with Crippen LogP contribution in [0, 0.1) is 27.4 Å². The van der Waals surface area contributed by atoms with Gasteiger partial charge in [-0.1, -0.05) is 45.0 Å². The molecule has 4 N–H and O–H groups in total. The first-order valence-corrected chi connectivity index (χ1v) is 28.1. The SMILES string of the molecule is CC(C)c1ccccc1[C@@H]1COCCN1[C@@H]1C[C@@]2(CCN(c3ccc(C(=O)NS(=O)(=O)c4ccc(NCC5CCC(C)(O)CC5)c([N+](=O)[O-])c4)c(N4c5cc6cc[nH]c6nc5O[C@H]5COCC[C@@H]54)c3)[C@H](C)C2)[C@@H]1C. The lowest BCUT2D eigenvalue weighted by molar-refractivity contribution is -0.384.